The molecule has 6 nitrogen and oxygen atoms in total. The van der Waals surface area contributed by atoms with Gasteiger partial charge in [0.05, 0.1) is 48.3 Å². The molecule has 3 aromatic heterocycles. The van der Waals surface area contributed by atoms with Crippen LogP contribution in [-0.4, -0.2) is 31.8 Å². The van der Waals surface area contributed by atoms with Gasteiger partial charge in [0.15, 0.2) is 11.6 Å². The molecule has 0 atom stereocenters. The number of fused-ring (bicyclic) bond motifs is 2. The van der Waals surface area contributed by atoms with Crippen molar-refractivity contribution in [2.45, 2.75) is 6.54 Å². The Labute approximate surface area is 165 Å². The van der Waals surface area contributed by atoms with Gasteiger partial charge in [-0.3, -0.25) is 14.6 Å². The highest BCUT2D eigenvalue weighted by Crippen LogP contribution is 2.27. The van der Waals surface area contributed by atoms with E-state index in [0.29, 0.717) is 17.8 Å². The number of pyridine rings is 1. The smallest absolute Gasteiger partial charge is 0.165 e. The molecule has 0 bridgehead atoms. The molecule has 5 rings (SSSR count). The van der Waals surface area contributed by atoms with Gasteiger partial charge in [0.1, 0.15) is 0 Å². The van der Waals surface area contributed by atoms with Crippen LogP contribution in [0.4, 0.5) is 4.39 Å². The van der Waals surface area contributed by atoms with Crippen LogP contribution in [-0.2, 0) is 6.54 Å². The standard InChI is InChI=1S/C22H16FN5O/c1-29-22-5-4-15(7-17(22)23)20-12-25-18-8-16-11-26-28(21(16)9-19(18)27-20)13-14-3-2-6-24-10-14/h2-12H,13H2,1H3. The van der Waals surface area contributed by atoms with Crippen molar-refractivity contribution in [2.75, 3.05) is 7.11 Å². The van der Waals surface area contributed by atoms with Crippen molar-refractivity contribution in [2.24, 2.45) is 0 Å². The number of benzene rings is 2. The molecule has 0 amide bonds. The summed E-state index contributed by atoms with van der Waals surface area (Å²) in [4.78, 5) is 13.4. The SMILES string of the molecule is COc1ccc(-c2cnc3cc4cnn(Cc5cccnc5)c4cc3n2)cc1F. The van der Waals surface area contributed by atoms with Gasteiger partial charge < -0.3 is 4.74 Å². The van der Waals surface area contributed by atoms with Crippen LogP contribution in [0.2, 0.25) is 0 Å². The fourth-order valence-corrected chi connectivity index (χ4v) is 3.34. The fraction of sp³-hybridized carbons (Fsp3) is 0.0909. The molecule has 0 fully saturated rings. The molecule has 0 saturated carbocycles. The Morgan fingerprint density at radius 1 is 1.03 bits per heavy atom. The van der Waals surface area contributed by atoms with Gasteiger partial charge in [0.2, 0.25) is 0 Å². The Bertz CT molecular complexity index is 1330. The zero-order valence-electron chi connectivity index (χ0n) is 15.6. The maximum atomic E-state index is 14.1. The summed E-state index contributed by atoms with van der Waals surface area (Å²) < 4.78 is 21.0. The lowest BCUT2D eigenvalue weighted by Gasteiger charge is -2.07. The maximum Gasteiger partial charge on any atom is 0.165 e. The topological polar surface area (TPSA) is 65.7 Å². The van der Waals surface area contributed by atoms with E-state index in [1.54, 1.807) is 24.5 Å². The van der Waals surface area contributed by atoms with Crippen LogP contribution < -0.4 is 4.74 Å². The molecule has 3 heterocycles. The number of ether oxygens (including phenoxy) is 1. The van der Waals surface area contributed by atoms with Crippen LogP contribution in [0, 0.1) is 5.82 Å². The number of rotatable bonds is 4. The molecule has 29 heavy (non-hydrogen) atoms. The zero-order valence-corrected chi connectivity index (χ0v) is 15.6. The molecule has 5 aromatic rings. The van der Waals surface area contributed by atoms with Crippen LogP contribution in [0.1, 0.15) is 5.56 Å². The number of hydrogen-bond acceptors (Lipinski definition) is 5. The highest BCUT2D eigenvalue weighted by atomic mass is 19.1. The summed E-state index contributed by atoms with van der Waals surface area (Å²) >= 11 is 0. The minimum atomic E-state index is -0.433. The summed E-state index contributed by atoms with van der Waals surface area (Å²) in [6, 6.07) is 12.6. The summed E-state index contributed by atoms with van der Waals surface area (Å²) in [7, 11) is 1.44. The predicted molar refractivity (Wildman–Crippen MR) is 108 cm³/mol. The molecule has 0 spiro atoms. The number of hydrogen-bond donors (Lipinski definition) is 0. The second-order valence-corrected chi connectivity index (χ2v) is 6.67. The first kappa shape index (κ1) is 17.2. The van der Waals surface area contributed by atoms with Crippen molar-refractivity contribution in [1.82, 2.24) is 24.7 Å². The van der Waals surface area contributed by atoms with Gasteiger partial charge in [-0.15, -0.1) is 0 Å². The lowest BCUT2D eigenvalue weighted by molar-refractivity contribution is 0.386. The minimum Gasteiger partial charge on any atom is -0.494 e. The van der Waals surface area contributed by atoms with Crippen LogP contribution in [0.5, 0.6) is 5.75 Å². The second kappa shape index (κ2) is 6.94. The molecule has 0 aliphatic carbocycles. The Hall–Kier alpha value is -3.87. The predicted octanol–water partition coefficient (Wildman–Crippen LogP) is 4.24. The molecular weight excluding hydrogens is 369 g/mol. The molecule has 0 N–H and O–H groups in total. The molecule has 142 valence electrons. The van der Waals surface area contributed by atoms with Gasteiger partial charge in [0.25, 0.3) is 0 Å². The number of halogens is 1. The van der Waals surface area contributed by atoms with Gasteiger partial charge in [-0.05, 0) is 42.0 Å². The second-order valence-electron chi connectivity index (χ2n) is 6.67. The van der Waals surface area contributed by atoms with Gasteiger partial charge in [0, 0.05) is 23.3 Å². The van der Waals surface area contributed by atoms with E-state index < -0.39 is 5.82 Å². The van der Waals surface area contributed by atoms with Crippen molar-refractivity contribution < 1.29 is 9.13 Å². The van der Waals surface area contributed by atoms with Crippen molar-refractivity contribution in [1.29, 1.82) is 0 Å². The van der Waals surface area contributed by atoms with Crippen LogP contribution in [0.25, 0.3) is 33.2 Å². The van der Waals surface area contributed by atoms with E-state index in [0.717, 1.165) is 27.5 Å². The first-order chi connectivity index (χ1) is 14.2. The van der Waals surface area contributed by atoms with Crippen LogP contribution in [0.15, 0.2) is 67.3 Å². The largest absolute Gasteiger partial charge is 0.494 e. The molecule has 2 aromatic carbocycles. The van der Waals surface area contributed by atoms with E-state index in [4.69, 9.17) is 9.72 Å². The fourth-order valence-electron chi connectivity index (χ4n) is 3.34. The Morgan fingerprint density at radius 3 is 2.76 bits per heavy atom. The third-order valence-electron chi connectivity index (χ3n) is 4.81. The van der Waals surface area contributed by atoms with E-state index in [2.05, 4.69) is 15.1 Å². The molecule has 0 radical (unpaired) electrons. The summed E-state index contributed by atoms with van der Waals surface area (Å²) in [6.45, 7) is 0.611. The lowest BCUT2D eigenvalue weighted by atomic mass is 10.1. The average Bonchev–Trinajstić information content (AvgIpc) is 3.14. The maximum absolute atomic E-state index is 14.1. The van der Waals surface area contributed by atoms with Crippen LogP contribution in [0.3, 0.4) is 0 Å². The van der Waals surface area contributed by atoms with Crippen molar-refractivity contribution in [3.05, 3.63) is 78.6 Å². The Kier molecular flexibility index (Phi) is 4.13. The Morgan fingerprint density at radius 2 is 1.97 bits per heavy atom. The lowest BCUT2D eigenvalue weighted by Crippen LogP contribution is -2.01. The summed E-state index contributed by atoms with van der Waals surface area (Å²) in [5.41, 5.74) is 4.73. The van der Waals surface area contributed by atoms with Gasteiger partial charge in [-0.25, -0.2) is 9.37 Å². The number of methoxy groups -OCH3 is 1. The van der Waals surface area contributed by atoms with Crippen molar-refractivity contribution in [3.63, 3.8) is 0 Å². The number of nitrogens with zero attached hydrogens (tertiary/aromatic N) is 5. The highest BCUT2D eigenvalue weighted by molar-refractivity contribution is 5.93. The van der Waals surface area contributed by atoms with E-state index >= 15 is 0 Å². The van der Waals surface area contributed by atoms with E-state index in [1.807, 2.05) is 41.3 Å². The summed E-state index contributed by atoms with van der Waals surface area (Å²) in [5.74, 6) is -0.236. The van der Waals surface area contributed by atoms with E-state index in [-0.39, 0.29) is 5.75 Å². The van der Waals surface area contributed by atoms with Crippen molar-refractivity contribution in [3.8, 4) is 17.0 Å². The first-order valence-corrected chi connectivity index (χ1v) is 9.06. The molecule has 0 aliphatic rings. The molecule has 0 aliphatic heterocycles. The molecule has 0 unspecified atom stereocenters. The van der Waals surface area contributed by atoms with Crippen LogP contribution >= 0.6 is 0 Å². The summed E-state index contributed by atoms with van der Waals surface area (Å²) in [6.07, 6.45) is 7.04. The van der Waals surface area contributed by atoms with Crippen molar-refractivity contribution >= 4 is 21.9 Å². The molecule has 7 heteroatoms. The average molecular weight is 385 g/mol. The number of aromatic nitrogens is 5. The van der Waals surface area contributed by atoms with E-state index in [1.165, 1.54) is 13.2 Å². The Balaban J connectivity index is 1.58. The summed E-state index contributed by atoms with van der Waals surface area (Å²) in [5, 5.41) is 5.48. The van der Waals surface area contributed by atoms with Gasteiger partial charge in [-0.1, -0.05) is 6.07 Å². The monoisotopic (exact) mass is 385 g/mol. The van der Waals surface area contributed by atoms with Gasteiger partial charge in [-0.2, -0.15) is 5.10 Å². The molecular formula is C22H16FN5O. The zero-order chi connectivity index (χ0) is 19.8. The quantitative estimate of drug-likeness (QED) is 0.463. The molecule has 0 saturated heterocycles. The van der Waals surface area contributed by atoms with Gasteiger partial charge >= 0.3 is 0 Å². The minimum absolute atomic E-state index is 0.198. The highest BCUT2D eigenvalue weighted by Gasteiger charge is 2.11. The normalized spacial score (nSPS) is 11.2. The van der Waals surface area contributed by atoms with E-state index in [9.17, 15) is 4.39 Å². The third-order valence-corrected chi connectivity index (χ3v) is 4.81. The first-order valence-electron chi connectivity index (χ1n) is 9.06. The third kappa shape index (κ3) is 3.16.